The van der Waals surface area contributed by atoms with Crippen LogP contribution in [0.5, 0.6) is 0 Å². The number of ether oxygens (including phenoxy) is 1. The van der Waals surface area contributed by atoms with Crippen LogP contribution >= 0.6 is 0 Å². The van der Waals surface area contributed by atoms with E-state index in [0.717, 1.165) is 5.69 Å². The zero-order valence-electron chi connectivity index (χ0n) is 10.7. The Balaban J connectivity index is 2.74. The van der Waals surface area contributed by atoms with E-state index in [1.807, 2.05) is 10.8 Å². The number of hydrogen-bond acceptors (Lipinski definition) is 4. The topological polar surface area (TPSA) is 70.1 Å². The lowest BCUT2D eigenvalue weighted by Gasteiger charge is -2.20. The van der Waals surface area contributed by atoms with E-state index in [0.29, 0.717) is 25.4 Å². The first-order chi connectivity index (χ1) is 8.10. The minimum absolute atomic E-state index is 0.210. The molecule has 1 aromatic rings. The standard InChI is InChI=1S/C12H21N3O2/c1-9(2)10(6-13)11-7-14-8-15(11)5-4-12(16)17-3/h7-10H,4-6,13H2,1-3H3. The van der Waals surface area contributed by atoms with Gasteiger partial charge in [-0.25, -0.2) is 4.98 Å². The van der Waals surface area contributed by atoms with Crippen LogP contribution in [0.25, 0.3) is 0 Å². The molecule has 5 heteroatoms. The quantitative estimate of drug-likeness (QED) is 0.756. The highest BCUT2D eigenvalue weighted by molar-refractivity contribution is 5.68. The highest BCUT2D eigenvalue weighted by Gasteiger charge is 2.18. The van der Waals surface area contributed by atoms with Gasteiger partial charge in [0.2, 0.25) is 0 Å². The summed E-state index contributed by atoms with van der Waals surface area (Å²) in [7, 11) is 1.40. The summed E-state index contributed by atoms with van der Waals surface area (Å²) >= 11 is 0. The summed E-state index contributed by atoms with van der Waals surface area (Å²) in [5, 5.41) is 0. The maximum atomic E-state index is 11.1. The van der Waals surface area contributed by atoms with Crippen molar-refractivity contribution in [2.24, 2.45) is 11.7 Å². The van der Waals surface area contributed by atoms with Crippen molar-refractivity contribution in [3.8, 4) is 0 Å². The molecule has 0 aromatic carbocycles. The van der Waals surface area contributed by atoms with Gasteiger partial charge < -0.3 is 15.0 Å². The Morgan fingerprint density at radius 2 is 2.29 bits per heavy atom. The number of imidazole rings is 1. The molecule has 0 saturated heterocycles. The molecule has 5 nitrogen and oxygen atoms in total. The molecule has 1 rings (SSSR count). The predicted molar refractivity (Wildman–Crippen MR) is 65.5 cm³/mol. The molecule has 1 unspecified atom stereocenters. The second kappa shape index (κ2) is 6.39. The SMILES string of the molecule is COC(=O)CCn1cncc1C(CN)C(C)C. The number of hydrogen-bond donors (Lipinski definition) is 1. The Morgan fingerprint density at radius 1 is 1.59 bits per heavy atom. The van der Waals surface area contributed by atoms with Crippen molar-refractivity contribution in [2.45, 2.75) is 32.7 Å². The van der Waals surface area contributed by atoms with Crippen molar-refractivity contribution in [1.29, 1.82) is 0 Å². The van der Waals surface area contributed by atoms with Crippen molar-refractivity contribution >= 4 is 5.97 Å². The van der Waals surface area contributed by atoms with Crippen molar-refractivity contribution in [2.75, 3.05) is 13.7 Å². The summed E-state index contributed by atoms with van der Waals surface area (Å²) in [5.41, 5.74) is 6.87. The molecule has 17 heavy (non-hydrogen) atoms. The minimum atomic E-state index is -0.210. The van der Waals surface area contributed by atoms with Gasteiger partial charge >= 0.3 is 5.97 Å². The van der Waals surface area contributed by atoms with Crippen LogP contribution in [0.1, 0.15) is 31.9 Å². The molecule has 0 bridgehead atoms. The molecule has 0 amide bonds. The van der Waals surface area contributed by atoms with Crippen LogP contribution in [0.3, 0.4) is 0 Å². The van der Waals surface area contributed by atoms with Gasteiger partial charge in [-0.2, -0.15) is 0 Å². The van der Waals surface area contributed by atoms with Crippen molar-refractivity contribution in [3.63, 3.8) is 0 Å². The van der Waals surface area contributed by atoms with Gasteiger partial charge in [-0.3, -0.25) is 4.79 Å². The Bertz CT molecular complexity index is 360. The van der Waals surface area contributed by atoms with E-state index in [4.69, 9.17) is 5.73 Å². The largest absolute Gasteiger partial charge is 0.469 e. The number of carbonyl (C=O) groups is 1. The molecule has 1 heterocycles. The van der Waals surface area contributed by atoms with Crippen LogP contribution in [0, 0.1) is 5.92 Å². The fourth-order valence-corrected chi connectivity index (χ4v) is 1.87. The van der Waals surface area contributed by atoms with Crippen LogP contribution in [0.4, 0.5) is 0 Å². The Labute approximate surface area is 102 Å². The average molecular weight is 239 g/mol. The van der Waals surface area contributed by atoms with Crippen LogP contribution in [-0.4, -0.2) is 29.2 Å². The summed E-state index contributed by atoms with van der Waals surface area (Å²) < 4.78 is 6.61. The fourth-order valence-electron chi connectivity index (χ4n) is 1.87. The first kappa shape index (κ1) is 13.7. The summed E-state index contributed by atoms with van der Waals surface area (Å²) in [6.45, 7) is 5.44. The second-order valence-corrected chi connectivity index (χ2v) is 4.42. The summed E-state index contributed by atoms with van der Waals surface area (Å²) in [5.74, 6) is 0.516. The lowest BCUT2D eigenvalue weighted by atomic mass is 9.93. The van der Waals surface area contributed by atoms with Gasteiger partial charge in [-0.1, -0.05) is 13.8 Å². The normalized spacial score (nSPS) is 12.8. The molecule has 2 N–H and O–H groups in total. The molecule has 0 aliphatic heterocycles. The van der Waals surface area contributed by atoms with E-state index >= 15 is 0 Å². The molecular formula is C12H21N3O2. The highest BCUT2D eigenvalue weighted by Crippen LogP contribution is 2.23. The van der Waals surface area contributed by atoms with Crippen LogP contribution in [0.2, 0.25) is 0 Å². The van der Waals surface area contributed by atoms with Gasteiger partial charge in [0.15, 0.2) is 0 Å². The number of aromatic nitrogens is 2. The molecule has 0 fully saturated rings. The van der Waals surface area contributed by atoms with E-state index in [9.17, 15) is 4.79 Å². The minimum Gasteiger partial charge on any atom is -0.469 e. The Hall–Kier alpha value is -1.36. The molecule has 0 aliphatic rings. The van der Waals surface area contributed by atoms with Gasteiger partial charge in [0.25, 0.3) is 0 Å². The molecule has 0 radical (unpaired) electrons. The van der Waals surface area contributed by atoms with Gasteiger partial charge in [-0.05, 0) is 5.92 Å². The predicted octanol–water partition coefficient (Wildman–Crippen LogP) is 1.14. The number of nitrogens with two attached hydrogens (primary N) is 1. The monoisotopic (exact) mass is 239 g/mol. The number of methoxy groups -OCH3 is 1. The third-order valence-electron chi connectivity index (χ3n) is 2.97. The van der Waals surface area contributed by atoms with Gasteiger partial charge in [-0.15, -0.1) is 0 Å². The third kappa shape index (κ3) is 3.56. The number of esters is 1. The smallest absolute Gasteiger partial charge is 0.307 e. The number of nitrogens with zero attached hydrogens (tertiary/aromatic N) is 2. The van der Waals surface area contributed by atoms with E-state index in [1.165, 1.54) is 7.11 Å². The van der Waals surface area contributed by atoms with E-state index in [1.54, 1.807) is 6.33 Å². The fraction of sp³-hybridized carbons (Fsp3) is 0.667. The summed E-state index contributed by atoms with van der Waals surface area (Å²) in [6, 6.07) is 0. The molecule has 96 valence electrons. The van der Waals surface area contributed by atoms with Crippen molar-refractivity contribution in [3.05, 3.63) is 18.2 Å². The number of carbonyl (C=O) groups excluding carboxylic acids is 1. The third-order valence-corrected chi connectivity index (χ3v) is 2.97. The average Bonchev–Trinajstić information content (AvgIpc) is 2.74. The molecule has 0 spiro atoms. The van der Waals surface area contributed by atoms with Gasteiger partial charge in [0.1, 0.15) is 0 Å². The molecular weight excluding hydrogens is 218 g/mol. The lowest BCUT2D eigenvalue weighted by molar-refractivity contribution is -0.140. The van der Waals surface area contributed by atoms with E-state index < -0.39 is 0 Å². The zero-order chi connectivity index (χ0) is 12.8. The second-order valence-electron chi connectivity index (χ2n) is 4.42. The van der Waals surface area contributed by atoms with E-state index in [2.05, 4.69) is 23.6 Å². The van der Waals surface area contributed by atoms with Crippen LogP contribution in [-0.2, 0) is 16.1 Å². The van der Waals surface area contributed by atoms with Gasteiger partial charge in [0.05, 0.1) is 19.9 Å². The summed E-state index contributed by atoms with van der Waals surface area (Å²) in [6.07, 6.45) is 3.92. The number of rotatable bonds is 6. The van der Waals surface area contributed by atoms with Crippen molar-refractivity contribution < 1.29 is 9.53 Å². The lowest BCUT2D eigenvalue weighted by Crippen LogP contribution is -2.21. The Morgan fingerprint density at radius 3 is 2.82 bits per heavy atom. The maximum Gasteiger partial charge on any atom is 0.307 e. The molecule has 1 aromatic heterocycles. The van der Waals surface area contributed by atoms with Gasteiger partial charge in [0, 0.05) is 30.9 Å². The molecule has 1 atom stereocenters. The zero-order valence-corrected chi connectivity index (χ0v) is 10.7. The highest BCUT2D eigenvalue weighted by atomic mass is 16.5. The van der Waals surface area contributed by atoms with Crippen LogP contribution < -0.4 is 5.73 Å². The first-order valence-electron chi connectivity index (χ1n) is 5.87. The molecule has 0 aliphatic carbocycles. The maximum absolute atomic E-state index is 11.1. The summed E-state index contributed by atoms with van der Waals surface area (Å²) in [4.78, 5) is 15.2. The first-order valence-corrected chi connectivity index (χ1v) is 5.87. The van der Waals surface area contributed by atoms with Crippen LogP contribution in [0.15, 0.2) is 12.5 Å². The Kier molecular flexibility index (Phi) is 5.15. The van der Waals surface area contributed by atoms with Crippen molar-refractivity contribution in [1.82, 2.24) is 9.55 Å². The van der Waals surface area contributed by atoms with E-state index in [-0.39, 0.29) is 11.9 Å². The molecule has 0 saturated carbocycles. The number of aryl methyl sites for hydroxylation is 1.